The maximum absolute atomic E-state index is 12.9. The number of carbonyl (C=O) groups is 1. The molecule has 2 aromatic carbocycles. The van der Waals surface area contributed by atoms with Gasteiger partial charge in [0.05, 0.1) is 0 Å². The first-order chi connectivity index (χ1) is 9.47. The molecule has 0 aromatic heterocycles. The molecule has 2 aromatic rings. The van der Waals surface area contributed by atoms with Crippen LogP contribution in [0.15, 0.2) is 30.3 Å². The Morgan fingerprint density at radius 1 is 0.900 bits per heavy atom. The largest absolute Gasteiger partial charge is 0.289 e. The van der Waals surface area contributed by atoms with Crippen molar-refractivity contribution < 1.29 is 4.79 Å². The fraction of sp³-hybridized carbons (Fsp3) is 0.316. The first-order valence-electron chi connectivity index (χ1n) is 7.17. The van der Waals surface area contributed by atoms with E-state index in [9.17, 15) is 4.79 Å². The highest BCUT2D eigenvalue weighted by Gasteiger charge is 2.17. The van der Waals surface area contributed by atoms with Gasteiger partial charge in [0.25, 0.3) is 0 Å². The third kappa shape index (κ3) is 2.40. The SMILES string of the molecule is CCc1ccccc1C(=O)c1cc(C)c(C)c(C)c1C. The third-order valence-corrected chi connectivity index (χ3v) is 4.37. The summed E-state index contributed by atoms with van der Waals surface area (Å²) in [6.07, 6.45) is 0.880. The summed E-state index contributed by atoms with van der Waals surface area (Å²) < 4.78 is 0. The number of hydrogen-bond donors (Lipinski definition) is 0. The molecule has 1 nitrogen and oxygen atoms in total. The Kier molecular flexibility index (Phi) is 4.08. The fourth-order valence-electron chi connectivity index (χ4n) is 2.64. The van der Waals surface area contributed by atoms with Crippen LogP contribution in [0.5, 0.6) is 0 Å². The summed E-state index contributed by atoms with van der Waals surface area (Å²) in [5, 5.41) is 0. The van der Waals surface area contributed by atoms with Gasteiger partial charge in [0.2, 0.25) is 0 Å². The molecular weight excluding hydrogens is 244 g/mol. The van der Waals surface area contributed by atoms with Crippen LogP contribution in [0.4, 0.5) is 0 Å². The molecule has 0 aliphatic heterocycles. The van der Waals surface area contributed by atoms with Gasteiger partial charge in [-0.2, -0.15) is 0 Å². The Bertz CT molecular complexity index is 666. The molecule has 20 heavy (non-hydrogen) atoms. The minimum Gasteiger partial charge on any atom is -0.289 e. The van der Waals surface area contributed by atoms with E-state index in [2.05, 4.69) is 27.7 Å². The Morgan fingerprint density at radius 3 is 2.20 bits per heavy atom. The molecule has 0 bridgehead atoms. The average Bonchev–Trinajstić information content (AvgIpc) is 2.48. The lowest BCUT2D eigenvalue weighted by molar-refractivity contribution is 0.103. The van der Waals surface area contributed by atoms with Gasteiger partial charge < -0.3 is 0 Å². The fourth-order valence-corrected chi connectivity index (χ4v) is 2.64. The minimum atomic E-state index is 0.145. The second-order valence-corrected chi connectivity index (χ2v) is 5.46. The molecular formula is C19H22O. The van der Waals surface area contributed by atoms with Crippen molar-refractivity contribution in [3.8, 4) is 0 Å². The van der Waals surface area contributed by atoms with Crippen LogP contribution in [0, 0.1) is 27.7 Å². The normalized spacial score (nSPS) is 10.7. The molecule has 0 saturated carbocycles. The van der Waals surface area contributed by atoms with Gasteiger partial charge in [0.1, 0.15) is 0 Å². The van der Waals surface area contributed by atoms with Crippen molar-refractivity contribution in [3.05, 3.63) is 69.3 Å². The number of carbonyl (C=O) groups excluding carboxylic acids is 1. The van der Waals surface area contributed by atoms with Crippen LogP contribution in [0.25, 0.3) is 0 Å². The summed E-state index contributed by atoms with van der Waals surface area (Å²) in [4.78, 5) is 12.9. The Morgan fingerprint density at radius 2 is 1.55 bits per heavy atom. The molecule has 1 heteroatoms. The van der Waals surface area contributed by atoms with Crippen LogP contribution in [-0.2, 0) is 6.42 Å². The highest BCUT2D eigenvalue weighted by Crippen LogP contribution is 2.24. The average molecular weight is 266 g/mol. The number of ketones is 1. The van der Waals surface area contributed by atoms with Gasteiger partial charge in [0, 0.05) is 11.1 Å². The minimum absolute atomic E-state index is 0.145. The van der Waals surface area contributed by atoms with Gasteiger partial charge in [0.15, 0.2) is 5.78 Å². The lowest BCUT2D eigenvalue weighted by Gasteiger charge is -2.15. The summed E-state index contributed by atoms with van der Waals surface area (Å²) in [6.45, 7) is 10.4. The van der Waals surface area contributed by atoms with Gasteiger partial charge in [-0.1, -0.05) is 31.2 Å². The molecule has 0 fully saturated rings. The standard InChI is InChI=1S/C19H22O/c1-6-16-9-7-8-10-17(16)19(20)18-11-12(2)13(3)14(4)15(18)5/h7-11H,6H2,1-5H3. The van der Waals surface area contributed by atoms with E-state index in [0.29, 0.717) is 0 Å². The maximum Gasteiger partial charge on any atom is 0.193 e. The second-order valence-electron chi connectivity index (χ2n) is 5.46. The molecule has 2 rings (SSSR count). The van der Waals surface area contributed by atoms with Gasteiger partial charge in [-0.15, -0.1) is 0 Å². The molecule has 0 N–H and O–H groups in total. The van der Waals surface area contributed by atoms with E-state index in [1.807, 2.05) is 37.3 Å². The van der Waals surface area contributed by atoms with E-state index in [4.69, 9.17) is 0 Å². The van der Waals surface area contributed by atoms with E-state index in [1.165, 1.54) is 16.7 Å². The molecule has 0 aliphatic rings. The highest BCUT2D eigenvalue weighted by molar-refractivity contribution is 6.11. The molecule has 0 aliphatic carbocycles. The highest BCUT2D eigenvalue weighted by atomic mass is 16.1. The predicted octanol–water partition coefficient (Wildman–Crippen LogP) is 4.71. The molecule has 0 amide bonds. The van der Waals surface area contributed by atoms with Crippen molar-refractivity contribution in [2.75, 3.05) is 0 Å². The second kappa shape index (κ2) is 5.62. The quantitative estimate of drug-likeness (QED) is 0.735. The van der Waals surface area contributed by atoms with Crippen LogP contribution >= 0.6 is 0 Å². The Labute approximate surface area is 121 Å². The zero-order valence-corrected chi connectivity index (χ0v) is 13.0. The van der Waals surface area contributed by atoms with Gasteiger partial charge in [-0.05, 0) is 68.0 Å². The molecule has 0 heterocycles. The first-order valence-corrected chi connectivity index (χ1v) is 7.17. The molecule has 0 spiro atoms. The van der Waals surface area contributed by atoms with E-state index in [0.717, 1.165) is 28.7 Å². The van der Waals surface area contributed by atoms with E-state index in [1.54, 1.807) is 0 Å². The molecule has 0 radical (unpaired) electrons. The summed E-state index contributed by atoms with van der Waals surface area (Å²) >= 11 is 0. The first kappa shape index (κ1) is 14.5. The number of rotatable bonds is 3. The molecule has 104 valence electrons. The lowest BCUT2D eigenvalue weighted by Crippen LogP contribution is -2.09. The van der Waals surface area contributed by atoms with Crippen molar-refractivity contribution in [1.82, 2.24) is 0 Å². The van der Waals surface area contributed by atoms with Gasteiger partial charge >= 0.3 is 0 Å². The molecule has 0 saturated heterocycles. The van der Waals surface area contributed by atoms with Crippen molar-refractivity contribution in [2.24, 2.45) is 0 Å². The number of hydrogen-bond acceptors (Lipinski definition) is 1. The monoisotopic (exact) mass is 266 g/mol. The molecule has 0 unspecified atom stereocenters. The summed E-state index contributed by atoms with van der Waals surface area (Å²) in [6, 6.07) is 9.94. The topological polar surface area (TPSA) is 17.1 Å². The number of benzene rings is 2. The van der Waals surface area contributed by atoms with Crippen LogP contribution in [-0.4, -0.2) is 5.78 Å². The summed E-state index contributed by atoms with van der Waals surface area (Å²) in [5.74, 6) is 0.145. The molecule has 0 atom stereocenters. The van der Waals surface area contributed by atoms with Crippen molar-refractivity contribution in [1.29, 1.82) is 0 Å². The van der Waals surface area contributed by atoms with Crippen molar-refractivity contribution in [3.63, 3.8) is 0 Å². The summed E-state index contributed by atoms with van der Waals surface area (Å²) in [7, 11) is 0. The van der Waals surface area contributed by atoms with Crippen LogP contribution in [0.3, 0.4) is 0 Å². The number of aryl methyl sites for hydroxylation is 2. The predicted molar refractivity (Wildman–Crippen MR) is 84.6 cm³/mol. The van der Waals surface area contributed by atoms with E-state index < -0.39 is 0 Å². The smallest absolute Gasteiger partial charge is 0.193 e. The zero-order chi connectivity index (χ0) is 14.9. The maximum atomic E-state index is 12.9. The summed E-state index contributed by atoms with van der Waals surface area (Å²) in [5.41, 5.74) is 7.58. The third-order valence-electron chi connectivity index (χ3n) is 4.37. The Hall–Kier alpha value is -1.89. The lowest BCUT2D eigenvalue weighted by atomic mass is 9.89. The van der Waals surface area contributed by atoms with E-state index in [-0.39, 0.29) is 5.78 Å². The van der Waals surface area contributed by atoms with Gasteiger partial charge in [-0.3, -0.25) is 4.79 Å². The van der Waals surface area contributed by atoms with Gasteiger partial charge in [-0.25, -0.2) is 0 Å². The Balaban J connectivity index is 2.60. The van der Waals surface area contributed by atoms with E-state index >= 15 is 0 Å². The van der Waals surface area contributed by atoms with Crippen LogP contribution < -0.4 is 0 Å². The zero-order valence-electron chi connectivity index (χ0n) is 13.0. The van der Waals surface area contributed by atoms with Crippen LogP contribution in [0.1, 0.15) is 50.7 Å². The van der Waals surface area contributed by atoms with Crippen molar-refractivity contribution >= 4 is 5.78 Å². The van der Waals surface area contributed by atoms with Crippen LogP contribution in [0.2, 0.25) is 0 Å². The van der Waals surface area contributed by atoms with Crippen molar-refractivity contribution in [2.45, 2.75) is 41.0 Å².